The third kappa shape index (κ3) is 2.65. The predicted octanol–water partition coefficient (Wildman–Crippen LogP) is 2.00. The second-order valence-electron chi connectivity index (χ2n) is 4.68. The Bertz CT molecular complexity index is 624. The summed E-state index contributed by atoms with van der Waals surface area (Å²) in [6.45, 7) is 4.69. The molecule has 0 saturated carbocycles. The fraction of sp³-hybridized carbons (Fsp3) is 0.357. The monoisotopic (exact) mass is 258 g/mol. The predicted molar refractivity (Wildman–Crippen MR) is 75.9 cm³/mol. The molecule has 0 unspecified atom stereocenters. The topological polar surface area (TPSA) is 72.1 Å². The van der Waals surface area contributed by atoms with Gasteiger partial charge >= 0.3 is 0 Å². The number of carbonyl (C=O) groups is 1. The van der Waals surface area contributed by atoms with Crippen molar-refractivity contribution in [1.29, 1.82) is 0 Å². The maximum Gasteiger partial charge on any atom is 0.273 e. The Morgan fingerprint density at radius 3 is 2.79 bits per heavy atom. The minimum atomic E-state index is -0.119. The summed E-state index contributed by atoms with van der Waals surface area (Å²) in [5.41, 5.74) is 7.82. The molecule has 0 spiro atoms. The Morgan fingerprint density at radius 2 is 2.11 bits per heavy atom. The molecule has 0 atom stereocenters. The fourth-order valence-electron chi connectivity index (χ4n) is 2.04. The highest BCUT2D eigenvalue weighted by atomic mass is 16.2. The number of aryl methyl sites for hydroxylation is 1. The lowest BCUT2D eigenvalue weighted by atomic mass is 10.1. The van der Waals surface area contributed by atoms with Crippen LogP contribution in [-0.2, 0) is 0 Å². The zero-order valence-corrected chi connectivity index (χ0v) is 11.5. The molecule has 2 N–H and O–H groups in total. The number of nitrogen functional groups attached to an aromatic ring is 1. The number of amides is 1. The van der Waals surface area contributed by atoms with Crippen molar-refractivity contribution in [3.8, 4) is 0 Å². The van der Waals surface area contributed by atoms with E-state index >= 15 is 0 Å². The molecule has 0 saturated heterocycles. The number of hydrogen-bond acceptors (Lipinski definition) is 4. The smallest absolute Gasteiger partial charge is 0.273 e. The van der Waals surface area contributed by atoms with Crippen LogP contribution in [0.2, 0.25) is 0 Å². The SMILES string of the molecule is CCCN(C)C(=O)c1nc(N)nc2ccc(C)cc12. The van der Waals surface area contributed by atoms with Crippen molar-refractivity contribution in [1.82, 2.24) is 14.9 Å². The standard InChI is InChI=1S/C14H18N4O/c1-4-7-18(3)13(19)12-10-8-9(2)5-6-11(10)16-14(15)17-12/h5-6,8H,4,7H2,1-3H3,(H2,15,16,17). The van der Waals surface area contributed by atoms with Crippen molar-refractivity contribution in [3.63, 3.8) is 0 Å². The van der Waals surface area contributed by atoms with Gasteiger partial charge in [0.15, 0.2) is 0 Å². The quantitative estimate of drug-likeness (QED) is 0.914. The molecule has 19 heavy (non-hydrogen) atoms. The first-order chi connectivity index (χ1) is 9.02. The van der Waals surface area contributed by atoms with E-state index < -0.39 is 0 Å². The zero-order valence-electron chi connectivity index (χ0n) is 11.5. The van der Waals surface area contributed by atoms with E-state index in [0.29, 0.717) is 17.8 Å². The maximum absolute atomic E-state index is 12.4. The number of hydrogen-bond donors (Lipinski definition) is 1. The highest BCUT2D eigenvalue weighted by Gasteiger charge is 2.17. The van der Waals surface area contributed by atoms with E-state index in [2.05, 4.69) is 9.97 Å². The average Bonchev–Trinajstić information content (AvgIpc) is 2.38. The minimum absolute atomic E-state index is 0.119. The number of fused-ring (bicyclic) bond motifs is 1. The van der Waals surface area contributed by atoms with Crippen LogP contribution >= 0.6 is 0 Å². The number of aromatic nitrogens is 2. The summed E-state index contributed by atoms with van der Waals surface area (Å²) in [7, 11) is 1.77. The molecular formula is C14H18N4O. The lowest BCUT2D eigenvalue weighted by Crippen LogP contribution is -2.28. The van der Waals surface area contributed by atoms with Crippen molar-refractivity contribution < 1.29 is 4.79 Å². The third-order valence-electron chi connectivity index (χ3n) is 2.98. The summed E-state index contributed by atoms with van der Waals surface area (Å²) in [4.78, 5) is 22.3. The van der Waals surface area contributed by atoms with Gasteiger partial charge < -0.3 is 10.6 Å². The van der Waals surface area contributed by atoms with Gasteiger partial charge in [-0.15, -0.1) is 0 Å². The number of anilines is 1. The van der Waals surface area contributed by atoms with Gasteiger partial charge in [0, 0.05) is 19.0 Å². The summed E-state index contributed by atoms with van der Waals surface area (Å²) in [5.74, 6) is 0.0103. The van der Waals surface area contributed by atoms with Crippen molar-refractivity contribution in [3.05, 3.63) is 29.5 Å². The Morgan fingerprint density at radius 1 is 1.37 bits per heavy atom. The first kappa shape index (κ1) is 13.3. The average molecular weight is 258 g/mol. The molecule has 2 rings (SSSR count). The van der Waals surface area contributed by atoms with E-state index in [1.54, 1.807) is 11.9 Å². The zero-order chi connectivity index (χ0) is 14.0. The summed E-state index contributed by atoms with van der Waals surface area (Å²) in [6, 6.07) is 5.72. The molecule has 5 heteroatoms. The number of rotatable bonds is 3. The molecule has 0 aliphatic rings. The van der Waals surface area contributed by atoms with Gasteiger partial charge in [0.25, 0.3) is 5.91 Å². The first-order valence-corrected chi connectivity index (χ1v) is 6.32. The third-order valence-corrected chi connectivity index (χ3v) is 2.98. The molecule has 5 nitrogen and oxygen atoms in total. The van der Waals surface area contributed by atoms with E-state index in [9.17, 15) is 4.79 Å². The normalized spacial score (nSPS) is 10.7. The molecule has 0 bridgehead atoms. The summed E-state index contributed by atoms with van der Waals surface area (Å²) >= 11 is 0. The van der Waals surface area contributed by atoms with Crippen LogP contribution in [0.25, 0.3) is 10.9 Å². The van der Waals surface area contributed by atoms with Gasteiger partial charge in [-0.2, -0.15) is 0 Å². The van der Waals surface area contributed by atoms with E-state index in [4.69, 9.17) is 5.73 Å². The Hall–Kier alpha value is -2.17. The van der Waals surface area contributed by atoms with Crippen molar-refractivity contribution in [2.24, 2.45) is 0 Å². The molecule has 2 aromatic rings. The number of carbonyl (C=O) groups excluding carboxylic acids is 1. The molecule has 0 aliphatic heterocycles. The molecule has 1 aromatic carbocycles. The molecule has 0 radical (unpaired) electrons. The van der Waals surface area contributed by atoms with Crippen LogP contribution in [0.15, 0.2) is 18.2 Å². The lowest BCUT2D eigenvalue weighted by Gasteiger charge is -2.16. The van der Waals surface area contributed by atoms with Gasteiger partial charge in [-0.25, -0.2) is 9.97 Å². The highest BCUT2D eigenvalue weighted by Crippen LogP contribution is 2.19. The van der Waals surface area contributed by atoms with E-state index in [0.717, 1.165) is 17.4 Å². The van der Waals surface area contributed by atoms with Gasteiger partial charge in [-0.05, 0) is 25.5 Å². The van der Waals surface area contributed by atoms with Gasteiger partial charge in [-0.1, -0.05) is 18.6 Å². The van der Waals surface area contributed by atoms with E-state index in [1.807, 2.05) is 32.0 Å². The summed E-state index contributed by atoms with van der Waals surface area (Å²) < 4.78 is 0. The molecule has 0 aliphatic carbocycles. The molecule has 100 valence electrons. The highest BCUT2D eigenvalue weighted by molar-refractivity contribution is 6.04. The van der Waals surface area contributed by atoms with Crippen molar-refractivity contribution in [2.75, 3.05) is 19.3 Å². The lowest BCUT2D eigenvalue weighted by molar-refractivity contribution is 0.0791. The summed E-state index contributed by atoms with van der Waals surface area (Å²) in [6.07, 6.45) is 0.903. The maximum atomic E-state index is 12.4. The van der Waals surface area contributed by atoms with Gasteiger partial charge in [0.1, 0.15) is 5.69 Å². The molecule has 1 amide bonds. The summed E-state index contributed by atoms with van der Waals surface area (Å²) in [5, 5.41) is 0.752. The molecule has 1 heterocycles. The largest absolute Gasteiger partial charge is 0.368 e. The van der Waals surface area contributed by atoms with E-state index in [1.165, 1.54) is 0 Å². The second-order valence-corrected chi connectivity index (χ2v) is 4.68. The second kappa shape index (κ2) is 5.22. The van der Waals surface area contributed by atoms with Crippen LogP contribution in [0.4, 0.5) is 5.95 Å². The van der Waals surface area contributed by atoms with Crippen LogP contribution in [0.5, 0.6) is 0 Å². The van der Waals surface area contributed by atoms with Crippen LogP contribution < -0.4 is 5.73 Å². The number of benzene rings is 1. The molecule has 1 aromatic heterocycles. The Balaban J connectivity index is 2.58. The van der Waals surface area contributed by atoms with Crippen LogP contribution in [0.1, 0.15) is 29.4 Å². The van der Waals surface area contributed by atoms with Crippen LogP contribution in [-0.4, -0.2) is 34.4 Å². The first-order valence-electron chi connectivity index (χ1n) is 6.32. The number of nitrogens with two attached hydrogens (primary N) is 1. The Kier molecular flexibility index (Phi) is 3.64. The van der Waals surface area contributed by atoms with Gasteiger partial charge in [0.2, 0.25) is 5.95 Å². The van der Waals surface area contributed by atoms with E-state index in [-0.39, 0.29) is 11.9 Å². The van der Waals surface area contributed by atoms with Crippen LogP contribution in [0, 0.1) is 6.92 Å². The molecule has 0 fully saturated rings. The van der Waals surface area contributed by atoms with Gasteiger partial charge in [-0.3, -0.25) is 4.79 Å². The molecular weight excluding hydrogens is 240 g/mol. The van der Waals surface area contributed by atoms with Crippen molar-refractivity contribution >= 4 is 22.8 Å². The number of nitrogens with zero attached hydrogens (tertiary/aromatic N) is 3. The van der Waals surface area contributed by atoms with Crippen molar-refractivity contribution in [2.45, 2.75) is 20.3 Å². The van der Waals surface area contributed by atoms with Gasteiger partial charge in [0.05, 0.1) is 5.52 Å². The van der Waals surface area contributed by atoms with Crippen LogP contribution in [0.3, 0.4) is 0 Å². The fourth-order valence-corrected chi connectivity index (χ4v) is 2.04. The Labute approximate surface area is 112 Å². The minimum Gasteiger partial charge on any atom is -0.368 e.